The molecule has 0 radical (unpaired) electrons. The molecule has 2 saturated carbocycles. The maximum Gasteiger partial charge on any atom is 0.00684 e. The highest BCUT2D eigenvalue weighted by atomic mass is 15.2. The van der Waals surface area contributed by atoms with Crippen LogP contribution in [0.3, 0.4) is 0 Å². The largest absolute Gasteiger partial charge is 0.313 e. The van der Waals surface area contributed by atoms with Crippen molar-refractivity contribution < 1.29 is 0 Å². The topological polar surface area (TPSA) is 15.3 Å². The molecular weight excluding hydrogens is 244 g/mol. The minimum absolute atomic E-state index is 0.604. The number of hydrogen-bond donors (Lipinski definition) is 1. The summed E-state index contributed by atoms with van der Waals surface area (Å²) in [5.41, 5.74) is 0.604. The van der Waals surface area contributed by atoms with Gasteiger partial charge in [-0.25, -0.2) is 0 Å². The summed E-state index contributed by atoms with van der Waals surface area (Å²) in [4.78, 5) is 2.80. The van der Waals surface area contributed by atoms with Crippen LogP contribution in [-0.2, 0) is 0 Å². The van der Waals surface area contributed by atoms with E-state index in [1.54, 1.807) is 0 Å². The molecule has 0 aromatic heterocycles. The summed E-state index contributed by atoms with van der Waals surface area (Å²) in [5.74, 6) is 1.82. The lowest BCUT2D eigenvalue weighted by Gasteiger charge is -2.40. The smallest absolute Gasteiger partial charge is 0.00684 e. The lowest BCUT2D eigenvalue weighted by Crippen LogP contribution is -2.45. The first kappa shape index (κ1) is 14.8. The van der Waals surface area contributed by atoms with Crippen LogP contribution in [-0.4, -0.2) is 37.1 Å². The Bertz CT molecular complexity index is 303. The molecule has 3 rings (SSSR count). The molecule has 1 aliphatic heterocycles. The van der Waals surface area contributed by atoms with Crippen LogP contribution in [0.25, 0.3) is 0 Å². The summed E-state index contributed by atoms with van der Waals surface area (Å²) in [6, 6.07) is 0.871. The van der Waals surface area contributed by atoms with Gasteiger partial charge in [0.15, 0.2) is 0 Å². The average Bonchev–Trinajstić information content (AvgIpc) is 3.16. The highest BCUT2D eigenvalue weighted by molar-refractivity contribution is 4.93. The van der Waals surface area contributed by atoms with E-state index in [0.717, 1.165) is 17.9 Å². The van der Waals surface area contributed by atoms with Crippen LogP contribution in [0.5, 0.6) is 0 Å². The van der Waals surface area contributed by atoms with Crippen LogP contribution in [0.2, 0.25) is 0 Å². The maximum atomic E-state index is 3.85. The Morgan fingerprint density at radius 3 is 2.45 bits per heavy atom. The SMILES string of the molecule is CC(C)C1CCN(CC2(CNC3CC3)CCCCC2)C1. The van der Waals surface area contributed by atoms with Crippen LogP contribution < -0.4 is 5.32 Å². The molecule has 0 amide bonds. The molecule has 3 fully saturated rings. The van der Waals surface area contributed by atoms with Crippen LogP contribution >= 0.6 is 0 Å². The van der Waals surface area contributed by atoms with E-state index in [0.29, 0.717) is 5.41 Å². The first-order chi connectivity index (χ1) is 9.67. The van der Waals surface area contributed by atoms with Crippen LogP contribution in [0.15, 0.2) is 0 Å². The fraction of sp³-hybridized carbons (Fsp3) is 1.00. The van der Waals surface area contributed by atoms with E-state index in [1.165, 1.54) is 77.5 Å². The molecule has 1 saturated heterocycles. The Balaban J connectivity index is 1.55. The summed E-state index contributed by atoms with van der Waals surface area (Å²) < 4.78 is 0. The van der Waals surface area contributed by atoms with Gasteiger partial charge in [0.25, 0.3) is 0 Å². The van der Waals surface area contributed by atoms with E-state index in [1.807, 2.05) is 0 Å². The van der Waals surface area contributed by atoms with Crippen LogP contribution in [0.1, 0.15) is 65.2 Å². The van der Waals surface area contributed by atoms with Crippen molar-refractivity contribution in [3.8, 4) is 0 Å². The van der Waals surface area contributed by atoms with E-state index < -0.39 is 0 Å². The molecule has 0 bridgehead atoms. The molecule has 1 atom stereocenters. The van der Waals surface area contributed by atoms with Crippen molar-refractivity contribution in [2.75, 3.05) is 26.2 Å². The monoisotopic (exact) mass is 278 g/mol. The first-order valence-electron chi connectivity index (χ1n) is 9.13. The summed E-state index contributed by atoms with van der Waals surface area (Å²) >= 11 is 0. The van der Waals surface area contributed by atoms with Crippen LogP contribution in [0, 0.1) is 17.3 Å². The second-order valence-corrected chi connectivity index (χ2v) is 8.24. The third kappa shape index (κ3) is 3.76. The summed E-state index contributed by atoms with van der Waals surface area (Å²) in [7, 11) is 0. The third-order valence-corrected chi connectivity index (χ3v) is 6.07. The van der Waals surface area contributed by atoms with Gasteiger partial charge in [0, 0.05) is 25.7 Å². The normalized spacial score (nSPS) is 31.1. The summed E-state index contributed by atoms with van der Waals surface area (Å²) in [6.07, 6.45) is 11.6. The Kier molecular flexibility index (Phi) is 4.72. The van der Waals surface area contributed by atoms with Gasteiger partial charge in [-0.2, -0.15) is 0 Å². The number of hydrogen-bond acceptors (Lipinski definition) is 2. The first-order valence-corrected chi connectivity index (χ1v) is 9.13. The minimum atomic E-state index is 0.604. The second kappa shape index (κ2) is 6.36. The van der Waals surface area contributed by atoms with Crippen LogP contribution in [0.4, 0.5) is 0 Å². The molecular formula is C18H34N2. The zero-order valence-corrected chi connectivity index (χ0v) is 13.7. The van der Waals surface area contributed by atoms with E-state index in [4.69, 9.17) is 0 Å². The molecule has 3 aliphatic rings. The predicted octanol–water partition coefficient (Wildman–Crippen LogP) is 3.67. The molecule has 1 heterocycles. The zero-order valence-electron chi connectivity index (χ0n) is 13.7. The maximum absolute atomic E-state index is 3.85. The number of nitrogens with zero attached hydrogens (tertiary/aromatic N) is 1. The molecule has 0 aromatic carbocycles. The van der Waals surface area contributed by atoms with Gasteiger partial charge in [-0.05, 0) is 55.9 Å². The molecule has 1 N–H and O–H groups in total. The quantitative estimate of drug-likeness (QED) is 0.797. The van der Waals surface area contributed by atoms with Crippen molar-refractivity contribution in [1.29, 1.82) is 0 Å². The standard InChI is InChI=1S/C18H34N2/c1-15(2)16-8-11-20(12-16)14-18(9-4-3-5-10-18)13-19-17-6-7-17/h15-17,19H,3-14H2,1-2H3. The molecule has 0 aromatic rings. The lowest BCUT2D eigenvalue weighted by molar-refractivity contribution is 0.112. The fourth-order valence-electron chi connectivity index (χ4n) is 4.37. The molecule has 2 aliphatic carbocycles. The highest BCUT2D eigenvalue weighted by Gasteiger charge is 2.37. The highest BCUT2D eigenvalue weighted by Crippen LogP contribution is 2.39. The average molecular weight is 278 g/mol. The number of nitrogens with one attached hydrogen (secondary N) is 1. The van der Waals surface area contributed by atoms with E-state index in [9.17, 15) is 0 Å². The van der Waals surface area contributed by atoms with Crippen molar-refractivity contribution in [3.05, 3.63) is 0 Å². The Hall–Kier alpha value is -0.0800. The van der Waals surface area contributed by atoms with Crippen molar-refractivity contribution in [3.63, 3.8) is 0 Å². The van der Waals surface area contributed by atoms with Gasteiger partial charge in [0.1, 0.15) is 0 Å². The Labute approximate surface area is 125 Å². The molecule has 1 unspecified atom stereocenters. The van der Waals surface area contributed by atoms with Gasteiger partial charge in [0.2, 0.25) is 0 Å². The Morgan fingerprint density at radius 1 is 1.10 bits per heavy atom. The van der Waals surface area contributed by atoms with Crippen molar-refractivity contribution in [2.24, 2.45) is 17.3 Å². The van der Waals surface area contributed by atoms with E-state index in [2.05, 4.69) is 24.1 Å². The van der Waals surface area contributed by atoms with Gasteiger partial charge < -0.3 is 10.2 Å². The number of likely N-dealkylation sites (tertiary alicyclic amines) is 1. The molecule has 2 heteroatoms. The Morgan fingerprint density at radius 2 is 1.85 bits per heavy atom. The molecule has 20 heavy (non-hydrogen) atoms. The third-order valence-electron chi connectivity index (χ3n) is 6.07. The van der Waals surface area contributed by atoms with Gasteiger partial charge in [-0.1, -0.05) is 33.1 Å². The van der Waals surface area contributed by atoms with Gasteiger partial charge in [-0.3, -0.25) is 0 Å². The number of rotatable bonds is 6. The second-order valence-electron chi connectivity index (χ2n) is 8.24. The van der Waals surface area contributed by atoms with Gasteiger partial charge in [-0.15, -0.1) is 0 Å². The van der Waals surface area contributed by atoms with Crippen molar-refractivity contribution in [2.45, 2.75) is 71.3 Å². The lowest BCUT2D eigenvalue weighted by atomic mass is 9.73. The predicted molar refractivity (Wildman–Crippen MR) is 85.9 cm³/mol. The molecule has 116 valence electrons. The fourth-order valence-corrected chi connectivity index (χ4v) is 4.37. The van der Waals surface area contributed by atoms with Crippen molar-refractivity contribution >= 4 is 0 Å². The summed E-state index contributed by atoms with van der Waals surface area (Å²) in [6.45, 7) is 10.2. The minimum Gasteiger partial charge on any atom is -0.313 e. The molecule has 0 spiro atoms. The van der Waals surface area contributed by atoms with Crippen molar-refractivity contribution in [1.82, 2.24) is 10.2 Å². The summed E-state index contributed by atoms with van der Waals surface area (Å²) in [5, 5.41) is 3.85. The van der Waals surface area contributed by atoms with Gasteiger partial charge >= 0.3 is 0 Å². The zero-order chi connectivity index (χ0) is 14.0. The van der Waals surface area contributed by atoms with Gasteiger partial charge in [0.05, 0.1) is 0 Å². The molecule has 2 nitrogen and oxygen atoms in total. The van der Waals surface area contributed by atoms with E-state index >= 15 is 0 Å². The van der Waals surface area contributed by atoms with E-state index in [-0.39, 0.29) is 0 Å².